The molecule has 0 bridgehead atoms. The first-order valence-electron chi connectivity index (χ1n) is 7.08. The van der Waals surface area contributed by atoms with E-state index in [0.717, 1.165) is 35.9 Å². The molecule has 0 amide bonds. The molecule has 1 aromatic carbocycles. The van der Waals surface area contributed by atoms with Crippen LogP contribution in [0.4, 0.5) is 0 Å². The van der Waals surface area contributed by atoms with Gasteiger partial charge >= 0.3 is 0 Å². The van der Waals surface area contributed by atoms with Crippen molar-refractivity contribution in [2.75, 3.05) is 6.61 Å². The van der Waals surface area contributed by atoms with E-state index in [2.05, 4.69) is 33.0 Å². The van der Waals surface area contributed by atoms with Gasteiger partial charge in [-0.3, -0.25) is 0 Å². The van der Waals surface area contributed by atoms with Gasteiger partial charge in [-0.2, -0.15) is 0 Å². The molecule has 0 spiro atoms. The molecule has 3 heteroatoms. The van der Waals surface area contributed by atoms with Crippen molar-refractivity contribution in [1.82, 2.24) is 5.32 Å². The summed E-state index contributed by atoms with van der Waals surface area (Å²) in [6, 6.07) is 5.83. The topological polar surface area (TPSA) is 21.3 Å². The summed E-state index contributed by atoms with van der Waals surface area (Å²) in [5, 5.41) is 4.22. The second kappa shape index (κ2) is 7.76. The van der Waals surface area contributed by atoms with Crippen LogP contribution in [0, 0.1) is 0 Å². The molecular weight excluding hydrogens is 258 g/mol. The van der Waals surface area contributed by atoms with E-state index < -0.39 is 0 Å². The van der Waals surface area contributed by atoms with Crippen molar-refractivity contribution in [3.05, 3.63) is 28.8 Å². The quantitative estimate of drug-likeness (QED) is 0.726. The smallest absolute Gasteiger partial charge is 0.123 e. The van der Waals surface area contributed by atoms with Crippen LogP contribution in [0.3, 0.4) is 0 Å². The first-order chi connectivity index (χ1) is 8.92. The lowest BCUT2D eigenvalue weighted by Crippen LogP contribution is -2.35. The number of unbranched alkanes of at least 4 members (excludes halogenated alkanes) is 2. The van der Waals surface area contributed by atoms with Gasteiger partial charge in [0.2, 0.25) is 0 Å². The molecule has 0 heterocycles. The Hall–Kier alpha value is -0.730. The molecule has 0 unspecified atom stereocenters. The summed E-state index contributed by atoms with van der Waals surface area (Å²) >= 11 is 6.07. The molecular formula is C16H26ClNO. The highest BCUT2D eigenvalue weighted by Crippen LogP contribution is 2.23. The molecule has 1 aromatic rings. The van der Waals surface area contributed by atoms with Crippen molar-refractivity contribution >= 4 is 11.6 Å². The molecule has 0 atom stereocenters. The first-order valence-corrected chi connectivity index (χ1v) is 7.46. The van der Waals surface area contributed by atoms with E-state index >= 15 is 0 Å². The Morgan fingerprint density at radius 3 is 2.58 bits per heavy atom. The van der Waals surface area contributed by atoms with Gasteiger partial charge < -0.3 is 10.1 Å². The van der Waals surface area contributed by atoms with Crippen LogP contribution >= 0.6 is 11.6 Å². The van der Waals surface area contributed by atoms with E-state index in [9.17, 15) is 0 Å². The second-order valence-electron chi connectivity index (χ2n) is 5.91. The number of hydrogen-bond donors (Lipinski definition) is 1. The average Bonchev–Trinajstić information content (AvgIpc) is 2.33. The summed E-state index contributed by atoms with van der Waals surface area (Å²) in [4.78, 5) is 0. The average molecular weight is 284 g/mol. The van der Waals surface area contributed by atoms with Gasteiger partial charge in [0.05, 0.1) is 6.61 Å². The predicted molar refractivity (Wildman–Crippen MR) is 83.1 cm³/mol. The van der Waals surface area contributed by atoms with Crippen LogP contribution in [0.1, 0.15) is 52.5 Å². The fourth-order valence-electron chi connectivity index (χ4n) is 1.72. The van der Waals surface area contributed by atoms with Crippen LogP contribution < -0.4 is 10.1 Å². The van der Waals surface area contributed by atoms with Crippen molar-refractivity contribution < 1.29 is 4.74 Å². The Balaban J connectivity index is 2.63. The summed E-state index contributed by atoms with van der Waals surface area (Å²) in [5.41, 5.74) is 1.21. The number of hydrogen-bond acceptors (Lipinski definition) is 2. The van der Waals surface area contributed by atoms with Gasteiger partial charge in [-0.25, -0.2) is 0 Å². The van der Waals surface area contributed by atoms with Gasteiger partial charge in [0.15, 0.2) is 0 Å². The lowest BCUT2D eigenvalue weighted by Gasteiger charge is -2.22. The van der Waals surface area contributed by atoms with E-state index in [0.29, 0.717) is 0 Å². The molecule has 0 aliphatic carbocycles. The zero-order valence-electron chi connectivity index (χ0n) is 12.6. The number of halogens is 1. The number of rotatable bonds is 7. The summed E-state index contributed by atoms with van der Waals surface area (Å²) in [5.74, 6) is 0.942. The molecule has 1 N–H and O–H groups in total. The molecule has 0 aromatic heterocycles. The van der Waals surface area contributed by atoms with Crippen LogP contribution in [0.15, 0.2) is 18.2 Å². The minimum atomic E-state index is 0.0851. The third-order valence-corrected chi connectivity index (χ3v) is 3.07. The van der Waals surface area contributed by atoms with Gasteiger partial charge in [-0.05, 0) is 45.4 Å². The highest BCUT2D eigenvalue weighted by atomic mass is 35.5. The van der Waals surface area contributed by atoms with Crippen molar-refractivity contribution in [1.29, 1.82) is 0 Å². The van der Waals surface area contributed by atoms with Gasteiger partial charge in [-0.1, -0.05) is 31.4 Å². The van der Waals surface area contributed by atoms with Crippen LogP contribution in [0.25, 0.3) is 0 Å². The Morgan fingerprint density at radius 2 is 1.95 bits per heavy atom. The Kier molecular flexibility index (Phi) is 6.67. The maximum Gasteiger partial charge on any atom is 0.123 e. The Bertz CT molecular complexity index is 385. The predicted octanol–water partition coefficient (Wildman–Crippen LogP) is 4.80. The van der Waals surface area contributed by atoms with E-state index in [1.807, 2.05) is 18.2 Å². The largest absolute Gasteiger partial charge is 0.493 e. The number of benzene rings is 1. The van der Waals surface area contributed by atoms with Crippen LogP contribution in [0.2, 0.25) is 5.02 Å². The van der Waals surface area contributed by atoms with Crippen LogP contribution in [-0.4, -0.2) is 12.1 Å². The molecule has 2 nitrogen and oxygen atoms in total. The van der Waals surface area contributed by atoms with Gasteiger partial charge in [-0.15, -0.1) is 0 Å². The highest BCUT2D eigenvalue weighted by molar-refractivity contribution is 6.30. The summed E-state index contributed by atoms with van der Waals surface area (Å²) in [6.45, 7) is 10.2. The lowest BCUT2D eigenvalue weighted by atomic mass is 10.1. The normalized spacial score (nSPS) is 11.6. The molecule has 0 saturated heterocycles. The van der Waals surface area contributed by atoms with Crippen LogP contribution in [0.5, 0.6) is 5.75 Å². The molecule has 0 aliphatic rings. The maximum atomic E-state index is 6.07. The first kappa shape index (κ1) is 16.3. The minimum absolute atomic E-state index is 0.0851. The van der Waals surface area contributed by atoms with Crippen molar-refractivity contribution in [2.45, 2.75) is 59.0 Å². The van der Waals surface area contributed by atoms with E-state index in [-0.39, 0.29) is 5.54 Å². The zero-order valence-corrected chi connectivity index (χ0v) is 13.3. The third kappa shape index (κ3) is 6.84. The van der Waals surface area contributed by atoms with E-state index in [1.54, 1.807) is 0 Å². The SMILES string of the molecule is CCCCCOc1ccc(Cl)cc1CNC(C)(C)C. The summed E-state index contributed by atoms with van der Waals surface area (Å²) in [7, 11) is 0. The van der Waals surface area contributed by atoms with E-state index in [1.165, 1.54) is 12.8 Å². The molecule has 0 saturated carbocycles. The number of nitrogens with one attached hydrogen (secondary N) is 1. The van der Waals surface area contributed by atoms with Gasteiger partial charge in [0, 0.05) is 22.7 Å². The fraction of sp³-hybridized carbons (Fsp3) is 0.625. The van der Waals surface area contributed by atoms with Crippen molar-refractivity contribution in [3.63, 3.8) is 0 Å². The zero-order chi connectivity index (χ0) is 14.3. The maximum absolute atomic E-state index is 6.07. The Morgan fingerprint density at radius 1 is 1.21 bits per heavy atom. The fourth-order valence-corrected chi connectivity index (χ4v) is 1.92. The third-order valence-electron chi connectivity index (χ3n) is 2.84. The molecule has 108 valence electrons. The summed E-state index contributed by atoms with van der Waals surface area (Å²) in [6.07, 6.45) is 3.52. The van der Waals surface area contributed by atoms with Gasteiger partial charge in [0.25, 0.3) is 0 Å². The Labute approximate surface area is 122 Å². The molecule has 19 heavy (non-hydrogen) atoms. The minimum Gasteiger partial charge on any atom is -0.493 e. The lowest BCUT2D eigenvalue weighted by molar-refractivity contribution is 0.300. The summed E-state index contributed by atoms with van der Waals surface area (Å²) < 4.78 is 5.86. The van der Waals surface area contributed by atoms with Crippen molar-refractivity contribution in [3.8, 4) is 5.75 Å². The number of ether oxygens (including phenoxy) is 1. The molecule has 0 fully saturated rings. The standard InChI is InChI=1S/C16H26ClNO/c1-5-6-7-10-19-15-9-8-14(17)11-13(15)12-18-16(2,3)4/h8-9,11,18H,5-7,10,12H2,1-4H3. The van der Waals surface area contributed by atoms with Gasteiger partial charge in [0.1, 0.15) is 5.75 Å². The highest BCUT2D eigenvalue weighted by Gasteiger charge is 2.11. The van der Waals surface area contributed by atoms with E-state index in [4.69, 9.17) is 16.3 Å². The second-order valence-corrected chi connectivity index (χ2v) is 6.35. The van der Waals surface area contributed by atoms with Crippen molar-refractivity contribution in [2.24, 2.45) is 0 Å². The molecule has 1 rings (SSSR count). The molecule has 0 radical (unpaired) electrons. The molecule has 0 aliphatic heterocycles. The van der Waals surface area contributed by atoms with Crippen LogP contribution in [-0.2, 0) is 6.54 Å². The monoisotopic (exact) mass is 283 g/mol.